The average molecular weight is 349 g/mol. The van der Waals surface area contributed by atoms with Crippen LogP contribution in [-0.2, 0) is 16.0 Å². The molecule has 0 aliphatic carbocycles. The van der Waals surface area contributed by atoms with Crippen molar-refractivity contribution >= 4 is 28.3 Å². The highest BCUT2D eigenvalue weighted by Gasteiger charge is 2.10. The smallest absolute Gasteiger partial charge is 0.303 e. The van der Waals surface area contributed by atoms with Crippen molar-refractivity contribution in [2.75, 3.05) is 11.9 Å². The molecule has 2 rings (SSSR count). The Morgan fingerprint density at radius 1 is 1.25 bits per heavy atom. The first kappa shape index (κ1) is 17.9. The van der Waals surface area contributed by atoms with Gasteiger partial charge < -0.3 is 15.2 Å². The third-order valence-electron chi connectivity index (χ3n) is 3.20. The zero-order valence-electron chi connectivity index (χ0n) is 13.5. The van der Waals surface area contributed by atoms with Gasteiger partial charge in [0, 0.05) is 12.8 Å². The van der Waals surface area contributed by atoms with Gasteiger partial charge in [-0.15, -0.1) is 10.2 Å². The zero-order chi connectivity index (χ0) is 17.5. The van der Waals surface area contributed by atoms with E-state index in [1.54, 1.807) is 0 Å². The molecule has 1 aromatic heterocycles. The minimum atomic E-state index is -1.01. The molecule has 1 heterocycles. The van der Waals surface area contributed by atoms with E-state index in [0.29, 0.717) is 18.2 Å². The van der Waals surface area contributed by atoms with Gasteiger partial charge >= 0.3 is 5.97 Å². The Bertz CT molecular complexity index is 730. The van der Waals surface area contributed by atoms with Gasteiger partial charge in [0.2, 0.25) is 11.0 Å². The van der Waals surface area contributed by atoms with Crippen molar-refractivity contribution in [2.24, 2.45) is 0 Å². The van der Waals surface area contributed by atoms with Gasteiger partial charge in [-0.3, -0.25) is 9.59 Å². The highest BCUT2D eigenvalue weighted by Crippen LogP contribution is 2.20. The number of aliphatic carboxylic acids is 1. The quantitative estimate of drug-likeness (QED) is 0.759. The number of amides is 1. The number of benzene rings is 1. The molecule has 1 amide bonds. The molecular weight excluding hydrogens is 330 g/mol. The molecule has 0 spiro atoms. The van der Waals surface area contributed by atoms with Gasteiger partial charge in [0.1, 0.15) is 10.8 Å². The van der Waals surface area contributed by atoms with Crippen LogP contribution in [0.5, 0.6) is 5.75 Å². The molecule has 8 heteroatoms. The van der Waals surface area contributed by atoms with E-state index in [0.717, 1.165) is 21.9 Å². The molecule has 1 aromatic carbocycles. The normalized spacial score (nSPS) is 10.4. The molecule has 0 atom stereocenters. The monoisotopic (exact) mass is 349 g/mol. The first-order valence-electron chi connectivity index (χ1n) is 7.48. The van der Waals surface area contributed by atoms with Crippen LogP contribution in [0.1, 0.15) is 29.0 Å². The van der Waals surface area contributed by atoms with Gasteiger partial charge in [-0.1, -0.05) is 23.5 Å². The van der Waals surface area contributed by atoms with Crippen LogP contribution in [0, 0.1) is 13.8 Å². The van der Waals surface area contributed by atoms with Gasteiger partial charge in [0.15, 0.2) is 0 Å². The topological polar surface area (TPSA) is 101 Å². The number of aryl methyl sites for hydroxylation is 2. The van der Waals surface area contributed by atoms with Crippen molar-refractivity contribution in [2.45, 2.75) is 33.1 Å². The van der Waals surface area contributed by atoms with Gasteiger partial charge in [-0.25, -0.2) is 0 Å². The summed E-state index contributed by atoms with van der Waals surface area (Å²) >= 11 is 1.26. The zero-order valence-corrected chi connectivity index (χ0v) is 14.4. The Morgan fingerprint density at radius 3 is 2.79 bits per heavy atom. The number of aromatic nitrogens is 2. The van der Waals surface area contributed by atoms with E-state index in [2.05, 4.69) is 15.5 Å². The summed E-state index contributed by atoms with van der Waals surface area (Å²) in [4.78, 5) is 22.0. The van der Waals surface area contributed by atoms with E-state index in [9.17, 15) is 9.59 Å². The number of anilines is 1. The maximum absolute atomic E-state index is 11.5. The van der Waals surface area contributed by atoms with E-state index >= 15 is 0 Å². The van der Waals surface area contributed by atoms with Crippen LogP contribution in [0.3, 0.4) is 0 Å². The van der Waals surface area contributed by atoms with Crippen molar-refractivity contribution in [1.82, 2.24) is 10.2 Å². The summed E-state index contributed by atoms with van der Waals surface area (Å²) in [5, 5.41) is 20.1. The lowest BCUT2D eigenvalue weighted by molar-refractivity contribution is -0.138. The summed E-state index contributed by atoms with van der Waals surface area (Å²) in [5.41, 5.74) is 2.21. The number of carbonyl (C=O) groups is 2. The van der Waals surface area contributed by atoms with Crippen LogP contribution in [-0.4, -0.2) is 33.8 Å². The third-order valence-corrected chi connectivity index (χ3v) is 4.09. The predicted octanol–water partition coefficient (Wildman–Crippen LogP) is 2.58. The second kappa shape index (κ2) is 8.39. The van der Waals surface area contributed by atoms with Crippen molar-refractivity contribution < 1.29 is 19.4 Å². The predicted molar refractivity (Wildman–Crippen MR) is 90.5 cm³/mol. The van der Waals surface area contributed by atoms with Crippen LogP contribution in [0.25, 0.3) is 0 Å². The van der Waals surface area contributed by atoms with Crippen LogP contribution in [0.4, 0.5) is 5.13 Å². The molecular formula is C16H19N3O4S. The fourth-order valence-electron chi connectivity index (χ4n) is 1.92. The molecule has 24 heavy (non-hydrogen) atoms. The van der Waals surface area contributed by atoms with Crippen LogP contribution >= 0.6 is 11.3 Å². The maximum atomic E-state index is 11.5. The van der Waals surface area contributed by atoms with Crippen molar-refractivity contribution in [1.29, 1.82) is 0 Å². The Morgan fingerprint density at radius 2 is 2.04 bits per heavy atom. The molecule has 0 saturated heterocycles. The summed E-state index contributed by atoms with van der Waals surface area (Å²) in [7, 11) is 0. The molecule has 0 bridgehead atoms. The lowest BCUT2D eigenvalue weighted by Crippen LogP contribution is -2.12. The Kier molecular flexibility index (Phi) is 6.25. The SMILES string of the molecule is Cc1ccc(C)c(OCCc2nnc(NC(=O)CCC(=O)O)s2)c1. The van der Waals surface area contributed by atoms with E-state index in [1.165, 1.54) is 11.3 Å². The highest BCUT2D eigenvalue weighted by atomic mass is 32.1. The summed E-state index contributed by atoms with van der Waals surface area (Å²) < 4.78 is 5.76. The average Bonchev–Trinajstić information content (AvgIpc) is 2.96. The molecule has 0 saturated carbocycles. The van der Waals surface area contributed by atoms with Gasteiger partial charge in [-0.05, 0) is 31.0 Å². The standard InChI is InChI=1S/C16H19N3O4S/c1-10-3-4-11(2)12(9-10)23-8-7-14-18-19-16(24-14)17-13(20)5-6-15(21)22/h3-4,9H,5-8H2,1-2H3,(H,21,22)(H,17,19,20). The first-order chi connectivity index (χ1) is 11.4. The summed E-state index contributed by atoms with van der Waals surface area (Å²) in [5.74, 6) is -0.542. The summed E-state index contributed by atoms with van der Waals surface area (Å²) in [6, 6.07) is 6.04. The summed E-state index contributed by atoms with van der Waals surface area (Å²) in [6.07, 6.45) is 0.289. The minimum absolute atomic E-state index is 0.0833. The highest BCUT2D eigenvalue weighted by molar-refractivity contribution is 7.15. The van der Waals surface area contributed by atoms with Gasteiger partial charge in [-0.2, -0.15) is 0 Å². The number of carboxylic acids is 1. The lowest BCUT2D eigenvalue weighted by Gasteiger charge is -2.08. The number of ether oxygens (including phenoxy) is 1. The van der Waals surface area contributed by atoms with Gasteiger partial charge in [0.05, 0.1) is 13.0 Å². The minimum Gasteiger partial charge on any atom is -0.493 e. The number of rotatable bonds is 8. The molecule has 2 aromatic rings. The second-order valence-corrected chi connectivity index (χ2v) is 6.37. The van der Waals surface area contributed by atoms with Crippen LogP contribution in [0.2, 0.25) is 0 Å². The van der Waals surface area contributed by atoms with Crippen LogP contribution < -0.4 is 10.1 Å². The molecule has 0 aliphatic rings. The Balaban J connectivity index is 1.80. The van der Waals surface area contributed by atoms with Crippen molar-refractivity contribution in [3.05, 3.63) is 34.3 Å². The van der Waals surface area contributed by atoms with Crippen LogP contribution in [0.15, 0.2) is 18.2 Å². The number of nitrogens with one attached hydrogen (secondary N) is 1. The van der Waals surface area contributed by atoms with E-state index in [1.807, 2.05) is 32.0 Å². The largest absolute Gasteiger partial charge is 0.493 e. The third kappa shape index (κ3) is 5.62. The number of nitrogens with zero attached hydrogens (tertiary/aromatic N) is 2. The second-order valence-electron chi connectivity index (χ2n) is 5.31. The maximum Gasteiger partial charge on any atom is 0.303 e. The van der Waals surface area contributed by atoms with Crippen molar-refractivity contribution in [3.63, 3.8) is 0 Å². The Labute approximate surface area is 143 Å². The Hall–Kier alpha value is -2.48. The number of carboxylic acid groups (broad SMARTS) is 1. The molecule has 0 radical (unpaired) electrons. The lowest BCUT2D eigenvalue weighted by atomic mass is 10.1. The van der Waals surface area contributed by atoms with Gasteiger partial charge in [0.25, 0.3) is 0 Å². The first-order valence-corrected chi connectivity index (χ1v) is 8.30. The van der Waals surface area contributed by atoms with E-state index in [4.69, 9.17) is 9.84 Å². The number of hydrogen-bond acceptors (Lipinski definition) is 6. The number of hydrogen-bond donors (Lipinski definition) is 2. The van der Waals surface area contributed by atoms with E-state index < -0.39 is 5.97 Å². The molecule has 0 unspecified atom stereocenters. The molecule has 2 N–H and O–H groups in total. The molecule has 0 fully saturated rings. The van der Waals surface area contributed by atoms with Crippen molar-refractivity contribution in [3.8, 4) is 5.75 Å². The fraction of sp³-hybridized carbons (Fsp3) is 0.375. The fourth-order valence-corrected chi connectivity index (χ4v) is 2.66. The molecule has 0 aliphatic heterocycles. The number of carbonyl (C=O) groups excluding carboxylic acids is 1. The van der Waals surface area contributed by atoms with E-state index in [-0.39, 0.29) is 18.7 Å². The summed E-state index contributed by atoms with van der Waals surface area (Å²) in [6.45, 7) is 4.47. The molecule has 7 nitrogen and oxygen atoms in total. The molecule has 128 valence electrons.